The van der Waals surface area contributed by atoms with Crippen molar-refractivity contribution in [2.45, 2.75) is 26.1 Å². The van der Waals surface area contributed by atoms with Gasteiger partial charge in [0.05, 0.1) is 18.9 Å². The zero-order valence-electron chi connectivity index (χ0n) is 18.2. The third-order valence-corrected chi connectivity index (χ3v) is 6.98. The zero-order chi connectivity index (χ0) is 22.3. The number of ether oxygens (including phenoxy) is 2. The SMILES string of the molecule is Cc1cc(N2CC3CC(CN4CCOCC4)CC3C2)nn1-c1ccc(OC(F)(F)F)cc1. The predicted octanol–water partition coefficient (Wildman–Crippen LogP) is 3.87. The number of aryl methyl sites for hydroxylation is 1. The van der Waals surface area contributed by atoms with Gasteiger partial charge in [0.25, 0.3) is 0 Å². The maximum absolute atomic E-state index is 12.4. The Balaban J connectivity index is 1.20. The predicted molar refractivity (Wildman–Crippen MR) is 114 cm³/mol. The van der Waals surface area contributed by atoms with E-state index in [2.05, 4.69) is 20.6 Å². The number of benzene rings is 1. The summed E-state index contributed by atoms with van der Waals surface area (Å²) in [6.07, 6.45) is -2.14. The van der Waals surface area contributed by atoms with Gasteiger partial charge in [-0.1, -0.05) is 0 Å². The molecule has 3 fully saturated rings. The number of aromatic nitrogens is 2. The van der Waals surface area contributed by atoms with Crippen molar-refractivity contribution in [3.63, 3.8) is 0 Å². The monoisotopic (exact) mass is 450 g/mol. The molecule has 2 unspecified atom stereocenters. The van der Waals surface area contributed by atoms with Crippen molar-refractivity contribution in [2.75, 3.05) is 50.8 Å². The Morgan fingerprint density at radius 1 is 1.06 bits per heavy atom. The Bertz CT molecular complexity index is 910. The first-order chi connectivity index (χ1) is 15.3. The molecular formula is C23H29F3N4O2. The van der Waals surface area contributed by atoms with E-state index in [9.17, 15) is 13.2 Å². The maximum Gasteiger partial charge on any atom is 0.573 e. The summed E-state index contributed by atoms with van der Waals surface area (Å²) in [6, 6.07) is 7.89. The van der Waals surface area contributed by atoms with Crippen LogP contribution in [-0.4, -0.2) is 67.0 Å². The van der Waals surface area contributed by atoms with Gasteiger partial charge in [-0.3, -0.25) is 4.90 Å². The molecule has 0 spiro atoms. The van der Waals surface area contributed by atoms with E-state index in [1.165, 1.54) is 31.5 Å². The largest absolute Gasteiger partial charge is 0.573 e. The first-order valence-electron chi connectivity index (χ1n) is 11.3. The van der Waals surface area contributed by atoms with Crippen molar-refractivity contribution in [2.24, 2.45) is 17.8 Å². The van der Waals surface area contributed by atoms with Crippen molar-refractivity contribution in [3.8, 4) is 11.4 Å². The van der Waals surface area contributed by atoms with Crippen molar-refractivity contribution in [1.82, 2.24) is 14.7 Å². The average Bonchev–Trinajstić information content (AvgIpc) is 3.41. The van der Waals surface area contributed by atoms with Crippen LogP contribution in [0.5, 0.6) is 5.75 Å². The van der Waals surface area contributed by atoms with E-state index in [0.717, 1.165) is 56.8 Å². The molecule has 1 aromatic heterocycles. The van der Waals surface area contributed by atoms with Crippen LogP contribution in [0, 0.1) is 24.7 Å². The van der Waals surface area contributed by atoms with Crippen LogP contribution in [0.3, 0.4) is 0 Å². The molecule has 3 heterocycles. The highest BCUT2D eigenvalue weighted by atomic mass is 19.4. The van der Waals surface area contributed by atoms with Gasteiger partial charge in [-0.15, -0.1) is 13.2 Å². The third kappa shape index (κ3) is 4.73. The number of hydrogen-bond donors (Lipinski definition) is 0. The molecule has 2 aliphatic heterocycles. The molecule has 2 atom stereocenters. The summed E-state index contributed by atoms with van der Waals surface area (Å²) in [6.45, 7) is 9.03. The Hall–Kier alpha value is -2.26. The van der Waals surface area contributed by atoms with Crippen molar-refractivity contribution < 1.29 is 22.6 Å². The highest BCUT2D eigenvalue weighted by Gasteiger charge is 2.42. The molecule has 0 N–H and O–H groups in total. The van der Waals surface area contributed by atoms with Gasteiger partial charge in [-0.05, 0) is 61.8 Å². The first-order valence-corrected chi connectivity index (χ1v) is 11.3. The van der Waals surface area contributed by atoms with Gasteiger partial charge in [-0.25, -0.2) is 4.68 Å². The zero-order valence-corrected chi connectivity index (χ0v) is 18.2. The second kappa shape index (κ2) is 8.59. The maximum atomic E-state index is 12.4. The summed E-state index contributed by atoms with van der Waals surface area (Å²) >= 11 is 0. The fraction of sp³-hybridized carbons (Fsp3) is 0.609. The fourth-order valence-corrected chi connectivity index (χ4v) is 5.57. The summed E-state index contributed by atoms with van der Waals surface area (Å²) in [5.41, 5.74) is 1.67. The molecule has 1 aliphatic carbocycles. The highest BCUT2D eigenvalue weighted by molar-refractivity contribution is 5.46. The van der Waals surface area contributed by atoms with Crippen LogP contribution >= 0.6 is 0 Å². The molecule has 2 saturated heterocycles. The van der Waals surface area contributed by atoms with Crippen molar-refractivity contribution in [1.29, 1.82) is 0 Å². The molecule has 0 radical (unpaired) electrons. The van der Waals surface area contributed by atoms with E-state index in [0.29, 0.717) is 17.5 Å². The van der Waals surface area contributed by atoms with Gasteiger partial charge < -0.3 is 14.4 Å². The van der Waals surface area contributed by atoms with Gasteiger partial charge in [0, 0.05) is 44.5 Å². The summed E-state index contributed by atoms with van der Waals surface area (Å²) < 4.78 is 48.4. The lowest BCUT2D eigenvalue weighted by Crippen LogP contribution is -2.39. The first kappa shape index (κ1) is 21.6. The third-order valence-electron chi connectivity index (χ3n) is 6.98. The van der Waals surface area contributed by atoms with Crippen LogP contribution in [0.4, 0.5) is 19.0 Å². The molecule has 1 saturated carbocycles. The standard InChI is InChI=1S/C23H29F3N4O2/c1-16-10-22(27-30(16)20-2-4-21(5-3-20)32-23(24,25)26)29-14-18-11-17(12-19(18)15-29)13-28-6-8-31-9-7-28/h2-5,10,17-19H,6-9,11-15H2,1H3. The molecule has 3 aliphatic rings. The molecule has 2 aromatic rings. The lowest BCUT2D eigenvalue weighted by atomic mass is 10.0. The van der Waals surface area contributed by atoms with Gasteiger partial charge >= 0.3 is 6.36 Å². The normalized spacial score (nSPS) is 26.5. The Morgan fingerprint density at radius 2 is 1.72 bits per heavy atom. The van der Waals surface area contributed by atoms with E-state index in [-0.39, 0.29) is 5.75 Å². The Kier molecular flexibility index (Phi) is 5.79. The lowest BCUT2D eigenvalue weighted by Gasteiger charge is -2.29. The van der Waals surface area contributed by atoms with Crippen molar-refractivity contribution >= 4 is 5.82 Å². The number of rotatable bonds is 5. The number of fused-ring (bicyclic) bond motifs is 1. The second-order valence-electron chi connectivity index (χ2n) is 9.27. The van der Waals surface area contributed by atoms with Gasteiger partial charge in [0.15, 0.2) is 5.82 Å². The minimum Gasteiger partial charge on any atom is -0.406 e. The number of hydrogen-bond acceptors (Lipinski definition) is 5. The van der Waals surface area contributed by atoms with Crippen LogP contribution in [0.15, 0.2) is 30.3 Å². The molecule has 9 heteroatoms. The van der Waals surface area contributed by atoms with Crippen LogP contribution < -0.4 is 9.64 Å². The summed E-state index contributed by atoms with van der Waals surface area (Å²) in [5.74, 6) is 2.92. The molecule has 174 valence electrons. The summed E-state index contributed by atoms with van der Waals surface area (Å²) in [7, 11) is 0. The van der Waals surface area contributed by atoms with Crippen LogP contribution in [0.1, 0.15) is 18.5 Å². The molecule has 5 rings (SSSR count). The number of anilines is 1. The molecular weight excluding hydrogens is 421 g/mol. The van der Waals surface area contributed by atoms with Crippen molar-refractivity contribution in [3.05, 3.63) is 36.0 Å². The molecule has 1 aromatic carbocycles. The smallest absolute Gasteiger partial charge is 0.406 e. The summed E-state index contributed by atoms with van der Waals surface area (Å²) in [4.78, 5) is 4.91. The lowest BCUT2D eigenvalue weighted by molar-refractivity contribution is -0.274. The average molecular weight is 451 g/mol. The molecule has 6 nitrogen and oxygen atoms in total. The number of nitrogens with zero attached hydrogens (tertiary/aromatic N) is 4. The van der Waals surface area contributed by atoms with E-state index < -0.39 is 6.36 Å². The van der Waals surface area contributed by atoms with Crippen LogP contribution in [-0.2, 0) is 4.74 Å². The van der Waals surface area contributed by atoms with E-state index >= 15 is 0 Å². The summed E-state index contributed by atoms with van der Waals surface area (Å²) in [5, 5.41) is 4.76. The van der Waals surface area contributed by atoms with Gasteiger partial charge in [0.2, 0.25) is 0 Å². The minimum atomic E-state index is -4.69. The molecule has 32 heavy (non-hydrogen) atoms. The topological polar surface area (TPSA) is 42.8 Å². The fourth-order valence-electron chi connectivity index (χ4n) is 5.57. The second-order valence-corrected chi connectivity index (χ2v) is 9.27. The quantitative estimate of drug-likeness (QED) is 0.692. The highest BCUT2D eigenvalue weighted by Crippen LogP contribution is 2.43. The van der Waals surface area contributed by atoms with Crippen LogP contribution in [0.25, 0.3) is 5.69 Å². The van der Waals surface area contributed by atoms with E-state index in [1.54, 1.807) is 16.8 Å². The number of halogens is 3. The van der Waals surface area contributed by atoms with E-state index in [1.807, 2.05) is 6.92 Å². The Labute approximate surface area is 185 Å². The van der Waals surface area contributed by atoms with Gasteiger partial charge in [-0.2, -0.15) is 5.10 Å². The Morgan fingerprint density at radius 3 is 2.34 bits per heavy atom. The van der Waals surface area contributed by atoms with Gasteiger partial charge in [0.1, 0.15) is 5.75 Å². The molecule has 0 amide bonds. The van der Waals surface area contributed by atoms with E-state index in [4.69, 9.17) is 9.84 Å². The number of alkyl halides is 3. The number of morpholine rings is 1. The van der Waals surface area contributed by atoms with Crippen LogP contribution in [0.2, 0.25) is 0 Å². The molecule has 0 bridgehead atoms. The minimum absolute atomic E-state index is 0.231.